The number of rotatable bonds is 6. The zero-order valence-corrected chi connectivity index (χ0v) is 11.3. The summed E-state index contributed by atoms with van der Waals surface area (Å²) in [4.78, 5) is 11.0. The summed E-state index contributed by atoms with van der Waals surface area (Å²) >= 11 is 0. The number of carbonyl (C=O) groups is 1. The van der Waals surface area contributed by atoms with Crippen LogP contribution >= 0.6 is 0 Å². The van der Waals surface area contributed by atoms with Crippen LogP contribution in [-0.4, -0.2) is 25.3 Å². The van der Waals surface area contributed by atoms with E-state index in [-0.39, 0.29) is 18.3 Å². The summed E-state index contributed by atoms with van der Waals surface area (Å²) in [5.41, 5.74) is 0.884. The van der Waals surface area contributed by atoms with Gasteiger partial charge in [-0.05, 0) is 24.1 Å². The third-order valence-corrected chi connectivity index (χ3v) is 3.04. The molecule has 0 saturated heterocycles. The first-order valence-electron chi connectivity index (χ1n) is 5.93. The van der Waals surface area contributed by atoms with Gasteiger partial charge >= 0.3 is 5.97 Å². The van der Waals surface area contributed by atoms with Crippen molar-refractivity contribution in [3.63, 3.8) is 0 Å². The molecule has 0 heterocycles. The summed E-state index contributed by atoms with van der Waals surface area (Å²) in [5.74, 6) is 0.728. The smallest absolute Gasteiger partial charge is 0.303 e. The van der Waals surface area contributed by atoms with E-state index in [0.717, 1.165) is 5.56 Å². The zero-order chi connectivity index (χ0) is 13.7. The maximum atomic E-state index is 11.0. The molecule has 1 aromatic carbocycles. The van der Waals surface area contributed by atoms with E-state index in [1.807, 2.05) is 26.0 Å². The van der Waals surface area contributed by atoms with Crippen LogP contribution in [0.15, 0.2) is 18.2 Å². The van der Waals surface area contributed by atoms with Gasteiger partial charge in [0.25, 0.3) is 0 Å². The van der Waals surface area contributed by atoms with Gasteiger partial charge in [0.15, 0.2) is 0 Å². The predicted molar refractivity (Wildman–Crippen MR) is 69.4 cm³/mol. The molecule has 4 nitrogen and oxygen atoms in total. The Balaban J connectivity index is 3.19. The first-order valence-corrected chi connectivity index (χ1v) is 5.93. The molecular weight excluding hydrogens is 232 g/mol. The van der Waals surface area contributed by atoms with E-state index in [1.165, 1.54) is 0 Å². The lowest BCUT2D eigenvalue weighted by Crippen LogP contribution is -2.13. The molecule has 0 aliphatic carbocycles. The molecule has 0 aliphatic heterocycles. The first kappa shape index (κ1) is 14.4. The van der Waals surface area contributed by atoms with Gasteiger partial charge in [-0.2, -0.15) is 0 Å². The molecule has 1 atom stereocenters. The van der Waals surface area contributed by atoms with Crippen LogP contribution in [0.5, 0.6) is 11.5 Å². The molecule has 0 aliphatic rings. The Kier molecular flexibility index (Phi) is 5.01. The maximum absolute atomic E-state index is 11.0. The summed E-state index contributed by atoms with van der Waals surface area (Å²) < 4.78 is 10.5. The summed E-state index contributed by atoms with van der Waals surface area (Å²) in [7, 11) is 3.18. The third kappa shape index (κ3) is 3.39. The van der Waals surface area contributed by atoms with E-state index < -0.39 is 5.97 Å². The molecule has 0 aromatic heterocycles. The van der Waals surface area contributed by atoms with E-state index in [0.29, 0.717) is 11.5 Å². The Morgan fingerprint density at radius 1 is 1.28 bits per heavy atom. The molecule has 1 rings (SSSR count). The molecule has 0 radical (unpaired) electrons. The van der Waals surface area contributed by atoms with Crippen molar-refractivity contribution in [1.82, 2.24) is 0 Å². The van der Waals surface area contributed by atoms with Gasteiger partial charge in [0, 0.05) is 11.5 Å². The van der Waals surface area contributed by atoms with Crippen molar-refractivity contribution in [1.29, 1.82) is 0 Å². The van der Waals surface area contributed by atoms with Crippen molar-refractivity contribution in [2.75, 3.05) is 14.2 Å². The van der Waals surface area contributed by atoms with Crippen LogP contribution in [0.1, 0.15) is 31.7 Å². The van der Waals surface area contributed by atoms with E-state index in [2.05, 4.69) is 0 Å². The van der Waals surface area contributed by atoms with Gasteiger partial charge in [-0.15, -0.1) is 0 Å². The Bertz CT molecular complexity index is 412. The van der Waals surface area contributed by atoms with Crippen molar-refractivity contribution >= 4 is 5.97 Å². The van der Waals surface area contributed by atoms with Crippen LogP contribution < -0.4 is 9.47 Å². The van der Waals surface area contributed by atoms with Gasteiger partial charge in [0.05, 0.1) is 20.6 Å². The molecule has 4 heteroatoms. The number of carboxylic acid groups (broad SMARTS) is 1. The van der Waals surface area contributed by atoms with Crippen LogP contribution in [0.25, 0.3) is 0 Å². The van der Waals surface area contributed by atoms with Gasteiger partial charge in [-0.25, -0.2) is 0 Å². The number of carboxylic acids is 1. The lowest BCUT2D eigenvalue weighted by Gasteiger charge is -2.22. The number of methoxy groups -OCH3 is 2. The van der Waals surface area contributed by atoms with E-state index in [4.69, 9.17) is 14.6 Å². The van der Waals surface area contributed by atoms with Crippen molar-refractivity contribution < 1.29 is 19.4 Å². The molecule has 1 unspecified atom stereocenters. The fourth-order valence-corrected chi connectivity index (χ4v) is 2.02. The van der Waals surface area contributed by atoms with E-state index in [1.54, 1.807) is 20.3 Å². The molecule has 100 valence electrons. The van der Waals surface area contributed by atoms with Crippen LogP contribution in [0.3, 0.4) is 0 Å². The first-order chi connectivity index (χ1) is 8.49. The second kappa shape index (κ2) is 6.28. The highest BCUT2D eigenvalue weighted by Gasteiger charge is 2.23. The summed E-state index contributed by atoms with van der Waals surface area (Å²) in [5, 5.41) is 9.01. The Labute approximate surface area is 108 Å². The fraction of sp³-hybridized carbons (Fsp3) is 0.500. The molecule has 0 bridgehead atoms. The minimum Gasteiger partial charge on any atom is -0.497 e. The molecule has 18 heavy (non-hydrogen) atoms. The van der Waals surface area contributed by atoms with Crippen molar-refractivity contribution in [3.8, 4) is 11.5 Å². The average molecular weight is 252 g/mol. The number of hydrogen-bond acceptors (Lipinski definition) is 3. The molecular formula is C14H20O4. The van der Waals surface area contributed by atoms with Gasteiger partial charge in [0.1, 0.15) is 11.5 Å². The number of aliphatic carboxylic acids is 1. The largest absolute Gasteiger partial charge is 0.497 e. The van der Waals surface area contributed by atoms with Crippen molar-refractivity contribution in [3.05, 3.63) is 23.8 Å². The standard InChI is InChI=1S/C14H20O4/c1-9(2)11(8-14(15)16)12-7-10(17-3)5-6-13(12)18-4/h5-7,9,11H,8H2,1-4H3,(H,15,16). The van der Waals surface area contributed by atoms with Gasteiger partial charge < -0.3 is 14.6 Å². The van der Waals surface area contributed by atoms with Gasteiger partial charge in [-0.1, -0.05) is 13.8 Å². The number of ether oxygens (including phenoxy) is 2. The molecule has 1 aromatic rings. The lowest BCUT2D eigenvalue weighted by molar-refractivity contribution is -0.137. The molecule has 0 spiro atoms. The minimum atomic E-state index is -0.807. The molecule has 0 saturated carbocycles. The number of hydrogen-bond donors (Lipinski definition) is 1. The van der Waals surface area contributed by atoms with Crippen LogP contribution in [-0.2, 0) is 4.79 Å². The third-order valence-electron chi connectivity index (χ3n) is 3.04. The fourth-order valence-electron chi connectivity index (χ4n) is 2.02. The van der Waals surface area contributed by atoms with E-state index in [9.17, 15) is 4.79 Å². The monoisotopic (exact) mass is 252 g/mol. The zero-order valence-electron chi connectivity index (χ0n) is 11.3. The van der Waals surface area contributed by atoms with Gasteiger partial charge in [-0.3, -0.25) is 4.79 Å². The second-order valence-corrected chi connectivity index (χ2v) is 4.56. The SMILES string of the molecule is COc1ccc(OC)c(C(CC(=O)O)C(C)C)c1. The normalized spacial score (nSPS) is 12.3. The second-order valence-electron chi connectivity index (χ2n) is 4.56. The van der Waals surface area contributed by atoms with Crippen LogP contribution in [0.4, 0.5) is 0 Å². The van der Waals surface area contributed by atoms with Gasteiger partial charge in [0.2, 0.25) is 0 Å². The Morgan fingerprint density at radius 2 is 1.94 bits per heavy atom. The molecule has 0 amide bonds. The van der Waals surface area contributed by atoms with Crippen LogP contribution in [0, 0.1) is 5.92 Å². The number of benzene rings is 1. The highest BCUT2D eigenvalue weighted by molar-refractivity contribution is 5.68. The highest BCUT2D eigenvalue weighted by Crippen LogP contribution is 2.36. The average Bonchev–Trinajstić information content (AvgIpc) is 2.34. The predicted octanol–water partition coefficient (Wildman–Crippen LogP) is 2.92. The van der Waals surface area contributed by atoms with E-state index >= 15 is 0 Å². The van der Waals surface area contributed by atoms with Crippen molar-refractivity contribution in [2.24, 2.45) is 5.92 Å². The quantitative estimate of drug-likeness (QED) is 0.845. The highest BCUT2D eigenvalue weighted by atomic mass is 16.5. The maximum Gasteiger partial charge on any atom is 0.303 e. The topological polar surface area (TPSA) is 55.8 Å². The molecule has 0 fully saturated rings. The molecule has 1 N–H and O–H groups in total. The Morgan fingerprint density at radius 3 is 2.39 bits per heavy atom. The summed E-state index contributed by atoms with van der Waals surface area (Å²) in [6.45, 7) is 4.01. The summed E-state index contributed by atoms with van der Waals surface area (Å²) in [6.07, 6.45) is 0.0845. The Hall–Kier alpha value is -1.71. The summed E-state index contributed by atoms with van der Waals surface area (Å²) in [6, 6.07) is 5.47. The lowest BCUT2D eigenvalue weighted by atomic mass is 9.85. The van der Waals surface area contributed by atoms with Crippen LogP contribution in [0.2, 0.25) is 0 Å². The minimum absolute atomic E-state index is 0.0845. The van der Waals surface area contributed by atoms with Crippen molar-refractivity contribution in [2.45, 2.75) is 26.2 Å².